The van der Waals surface area contributed by atoms with E-state index >= 15 is 0 Å². The van der Waals surface area contributed by atoms with Crippen LogP contribution in [0.15, 0.2) is 53.4 Å². The third kappa shape index (κ3) is 4.40. The Hall–Kier alpha value is -2.92. The van der Waals surface area contributed by atoms with E-state index < -0.39 is 41.5 Å². The number of para-hydroxylation sites is 2. The van der Waals surface area contributed by atoms with Crippen molar-refractivity contribution in [3.8, 4) is 0 Å². The fourth-order valence-corrected chi connectivity index (χ4v) is 3.77. The fraction of sp³-hybridized carbons (Fsp3) is 0.222. The highest BCUT2D eigenvalue weighted by Gasteiger charge is 2.24. The Kier molecular flexibility index (Phi) is 5.89. The number of ether oxygens (including phenoxy) is 1. The number of halogens is 3. The van der Waals surface area contributed by atoms with Gasteiger partial charge in [-0.05, 0) is 36.4 Å². The molecular formula is C18H16F3N3O4S. The first kappa shape index (κ1) is 20.8. The van der Waals surface area contributed by atoms with Crippen LogP contribution in [0.1, 0.15) is 12.4 Å². The standard InChI is InChI=1S/C18H16F3N3O4S/c1-23(29(26,27)13-8-6-12(19)7-9-13)10-17(25)28-11-16-22-14-4-2-3-5-15(14)24(16)18(20)21/h2-9,18H,10-11H2,1H3. The van der Waals surface area contributed by atoms with E-state index in [1.54, 1.807) is 18.2 Å². The van der Waals surface area contributed by atoms with Crippen molar-refractivity contribution in [1.29, 1.82) is 0 Å². The number of nitrogens with zero attached hydrogens (tertiary/aromatic N) is 3. The first-order valence-corrected chi connectivity index (χ1v) is 9.75. The summed E-state index contributed by atoms with van der Waals surface area (Å²) in [6.07, 6.45) is 0. The van der Waals surface area contributed by atoms with E-state index in [0.717, 1.165) is 35.6 Å². The number of carbonyl (C=O) groups excluding carboxylic acids is 1. The Labute approximate surface area is 164 Å². The molecule has 0 aliphatic rings. The number of sulfonamides is 1. The Bertz CT molecular complexity index is 1130. The van der Waals surface area contributed by atoms with Gasteiger partial charge in [-0.3, -0.25) is 9.36 Å². The van der Waals surface area contributed by atoms with Gasteiger partial charge in [0.2, 0.25) is 10.0 Å². The Morgan fingerprint density at radius 3 is 2.48 bits per heavy atom. The molecule has 1 heterocycles. The molecular weight excluding hydrogens is 411 g/mol. The number of benzene rings is 2. The van der Waals surface area contributed by atoms with Crippen LogP contribution in [0.4, 0.5) is 13.2 Å². The summed E-state index contributed by atoms with van der Waals surface area (Å²) in [4.78, 5) is 15.9. The molecule has 0 N–H and O–H groups in total. The Morgan fingerprint density at radius 1 is 1.17 bits per heavy atom. The van der Waals surface area contributed by atoms with Crippen molar-refractivity contribution in [2.75, 3.05) is 13.6 Å². The summed E-state index contributed by atoms with van der Waals surface area (Å²) in [5.74, 6) is -1.72. The van der Waals surface area contributed by atoms with E-state index in [9.17, 15) is 26.4 Å². The number of aromatic nitrogens is 2. The third-order valence-corrected chi connectivity index (χ3v) is 5.92. The van der Waals surface area contributed by atoms with Gasteiger partial charge in [-0.1, -0.05) is 12.1 Å². The summed E-state index contributed by atoms with van der Waals surface area (Å²) < 4.78 is 70.8. The lowest BCUT2D eigenvalue weighted by molar-refractivity contribution is -0.145. The maximum atomic E-state index is 13.4. The number of alkyl halides is 2. The summed E-state index contributed by atoms with van der Waals surface area (Å²) in [6.45, 7) is -4.10. The van der Waals surface area contributed by atoms with Gasteiger partial charge in [0.1, 0.15) is 19.0 Å². The van der Waals surface area contributed by atoms with Crippen molar-refractivity contribution < 1.29 is 31.1 Å². The molecule has 0 spiro atoms. The minimum absolute atomic E-state index is 0.168. The normalized spacial score (nSPS) is 12.1. The van der Waals surface area contributed by atoms with E-state index in [1.807, 2.05) is 0 Å². The average Bonchev–Trinajstić information content (AvgIpc) is 3.05. The topological polar surface area (TPSA) is 81.5 Å². The fourth-order valence-electron chi connectivity index (χ4n) is 2.66. The highest BCUT2D eigenvalue weighted by Crippen LogP contribution is 2.23. The van der Waals surface area contributed by atoms with Gasteiger partial charge >= 0.3 is 12.5 Å². The van der Waals surface area contributed by atoms with Gasteiger partial charge in [0.25, 0.3) is 0 Å². The monoisotopic (exact) mass is 427 g/mol. The largest absolute Gasteiger partial charge is 0.457 e. The number of fused-ring (bicyclic) bond motifs is 1. The summed E-state index contributed by atoms with van der Waals surface area (Å²) in [5.41, 5.74) is 0.499. The van der Waals surface area contributed by atoms with Crippen molar-refractivity contribution in [2.45, 2.75) is 18.1 Å². The molecule has 0 unspecified atom stereocenters. The van der Waals surface area contributed by atoms with E-state index in [2.05, 4.69) is 4.98 Å². The Morgan fingerprint density at radius 2 is 1.83 bits per heavy atom. The molecule has 0 amide bonds. The highest BCUT2D eigenvalue weighted by atomic mass is 32.2. The SMILES string of the molecule is CN(CC(=O)OCc1nc2ccccc2n1C(F)F)S(=O)(=O)c1ccc(F)cc1. The number of hydrogen-bond acceptors (Lipinski definition) is 5. The van der Waals surface area contributed by atoms with Gasteiger partial charge in [-0.2, -0.15) is 13.1 Å². The molecule has 29 heavy (non-hydrogen) atoms. The minimum Gasteiger partial charge on any atom is -0.457 e. The van der Waals surface area contributed by atoms with Crippen LogP contribution in [0.25, 0.3) is 11.0 Å². The molecule has 0 aliphatic heterocycles. The number of imidazole rings is 1. The number of hydrogen-bond donors (Lipinski definition) is 0. The lowest BCUT2D eigenvalue weighted by atomic mass is 10.3. The second-order valence-corrected chi connectivity index (χ2v) is 8.08. The second kappa shape index (κ2) is 8.21. The van der Waals surface area contributed by atoms with Crippen LogP contribution in [-0.4, -0.2) is 41.8 Å². The van der Waals surface area contributed by atoms with Crippen LogP contribution in [-0.2, 0) is 26.2 Å². The number of rotatable bonds is 7. The van der Waals surface area contributed by atoms with Gasteiger partial charge < -0.3 is 4.74 Å². The van der Waals surface area contributed by atoms with Gasteiger partial charge in [0, 0.05) is 7.05 Å². The van der Waals surface area contributed by atoms with Gasteiger partial charge in [0.15, 0.2) is 5.82 Å². The van der Waals surface area contributed by atoms with Crippen LogP contribution < -0.4 is 0 Å². The maximum absolute atomic E-state index is 13.4. The molecule has 0 aliphatic carbocycles. The molecule has 0 radical (unpaired) electrons. The van der Waals surface area contributed by atoms with Crippen LogP contribution in [0.3, 0.4) is 0 Å². The van der Waals surface area contributed by atoms with Crippen molar-refractivity contribution in [3.63, 3.8) is 0 Å². The molecule has 1 aromatic heterocycles. The van der Waals surface area contributed by atoms with Gasteiger partial charge in [0.05, 0.1) is 15.9 Å². The summed E-state index contributed by atoms with van der Waals surface area (Å²) >= 11 is 0. The lowest BCUT2D eigenvalue weighted by Crippen LogP contribution is -2.33. The van der Waals surface area contributed by atoms with Gasteiger partial charge in [-0.15, -0.1) is 0 Å². The molecule has 7 nitrogen and oxygen atoms in total. The van der Waals surface area contributed by atoms with Crippen molar-refractivity contribution in [1.82, 2.24) is 13.9 Å². The molecule has 3 aromatic rings. The molecule has 0 bridgehead atoms. The molecule has 0 saturated heterocycles. The molecule has 0 atom stereocenters. The number of likely N-dealkylation sites (N-methyl/N-ethyl adjacent to an activating group) is 1. The molecule has 3 rings (SSSR count). The van der Waals surface area contributed by atoms with Crippen LogP contribution >= 0.6 is 0 Å². The number of carbonyl (C=O) groups is 1. The van der Waals surface area contributed by atoms with Crippen molar-refractivity contribution in [2.24, 2.45) is 0 Å². The molecule has 0 fully saturated rings. The van der Waals surface area contributed by atoms with Crippen molar-refractivity contribution in [3.05, 3.63) is 60.2 Å². The smallest absolute Gasteiger partial charge is 0.321 e. The van der Waals surface area contributed by atoms with Crippen molar-refractivity contribution >= 4 is 27.0 Å². The van der Waals surface area contributed by atoms with E-state index in [-0.39, 0.29) is 16.2 Å². The highest BCUT2D eigenvalue weighted by molar-refractivity contribution is 7.89. The lowest BCUT2D eigenvalue weighted by Gasteiger charge is -2.16. The first-order chi connectivity index (χ1) is 13.7. The quantitative estimate of drug-likeness (QED) is 0.542. The number of esters is 1. The summed E-state index contributed by atoms with van der Waals surface area (Å²) in [7, 11) is -2.90. The van der Waals surface area contributed by atoms with Gasteiger partial charge in [-0.25, -0.2) is 17.8 Å². The van der Waals surface area contributed by atoms with E-state index in [4.69, 9.17) is 4.74 Å². The first-order valence-electron chi connectivity index (χ1n) is 8.31. The van der Waals surface area contributed by atoms with Crippen LogP contribution in [0, 0.1) is 5.82 Å². The maximum Gasteiger partial charge on any atom is 0.321 e. The molecule has 2 aromatic carbocycles. The molecule has 154 valence electrons. The molecule has 0 saturated carbocycles. The predicted molar refractivity (Wildman–Crippen MR) is 97.0 cm³/mol. The van der Waals surface area contributed by atoms with E-state index in [1.165, 1.54) is 6.07 Å². The minimum atomic E-state index is -4.05. The van der Waals surface area contributed by atoms with E-state index in [0.29, 0.717) is 10.1 Å². The summed E-state index contributed by atoms with van der Waals surface area (Å²) in [5, 5.41) is 0. The zero-order chi connectivity index (χ0) is 21.2. The third-order valence-electron chi connectivity index (χ3n) is 4.10. The Balaban J connectivity index is 1.69. The van der Waals surface area contributed by atoms with Crippen LogP contribution in [0.5, 0.6) is 0 Å². The summed E-state index contributed by atoms with van der Waals surface area (Å²) in [6, 6.07) is 10.3. The predicted octanol–water partition coefficient (Wildman–Crippen LogP) is 2.93. The van der Waals surface area contributed by atoms with Crippen LogP contribution in [0.2, 0.25) is 0 Å². The zero-order valence-corrected chi connectivity index (χ0v) is 15.9. The second-order valence-electron chi connectivity index (χ2n) is 6.04. The average molecular weight is 427 g/mol. The zero-order valence-electron chi connectivity index (χ0n) is 15.1. The molecule has 11 heteroatoms.